The number of hydrogen-bond donors (Lipinski definition) is 0. The van der Waals surface area contributed by atoms with Gasteiger partial charge in [0.2, 0.25) is 0 Å². The standard InChI is InChI=1S/2C7H5BrO2.Sn/c2*8-6-3-1-5(2-4-6)7(9)10;/h2*1-4H,(H,9,10);/q;;+2/p-2. The monoisotopic (exact) mass is 518 g/mol. The van der Waals surface area contributed by atoms with Gasteiger partial charge >= 0.3 is 23.9 Å². The first-order chi connectivity index (χ1) is 9.40. The van der Waals surface area contributed by atoms with Gasteiger partial charge in [0.05, 0.1) is 11.9 Å². The molecule has 7 heteroatoms. The second kappa shape index (κ2) is 9.96. The van der Waals surface area contributed by atoms with E-state index in [-0.39, 0.29) is 35.0 Å². The SMILES string of the molecule is O=C([O-])c1ccc(Br)cc1.O=C([O-])c1ccc(Br)cc1.[Sn+2]. The first-order valence-electron chi connectivity index (χ1n) is 5.34. The van der Waals surface area contributed by atoms with Crippen molar-refractivity contribution in [3.8, 4) is 0 Å². The van der Waals surface area contributed by atoms with Gasteiger partial charge in [0.25, 0.3) is 0 Å². The minimum atomic E-state index is -1.15. The molecule has 0 fully saturated rings. The van der Waals surface area contributed by atoms with Gasteiger partial charge < -0.3 is 19.8 Å². The molecular weight excluding hydrogens is 511 g/mol. The molecule has 0 N–H and O–H groups in total. The van der Waals surface area contributed by atoms with Crippen molar-refractivity contribution in [3.05, 3.63) is 68.6 Å². The van der Waals surface area contributed by atoms with Gasteiger partial charge in [0.1, 0.15) is 0 Å². The van der Waals surface area contributed by atoms with Crippen LogP contribution in [0, 0.1) is 0 Å². The molecule has 0 atom stereocenters. The van der Waals surface area contributed by atoms with Gasteiger partial charge in [-0.3, -0.25) is 0 Å². The molecule has 0 saturated carbocycles. The van der Waals surface area contributed by atoms with Crippen molar-refractivity contribution in [1.82, 2.24) is 0 Å². The zero-order valence-electron chi connectivity index (χ0n) is 10.5. The van der Waals surface area contributed by atoms with E-state index < -0.39 is 11.9 Å². The Hall–Kier alpha value is -0.861. The minimum absolute atomic E-state index is 0. The molecule has 0 spiro atoms. The van der Waals surface area contributed by atoms with Crippen LogP contribution in [0.4, 0.5) is 0 Å². The van der Waals surface area contributed by atoms with Crippen molar-refractivity contribution in [2.75, 3.05) is 0 Å². The third-order valence-corrected chi connectivity index (χ3v) is 3.22. The molecule has 0 aliphatic carbocycles. The Labute approximate surface area is 155 Å². The van der Waals surface area contributed by atoms with Crippen LogP contribution in [0.3, 0.4) is 0 Å². The molecule has 0 aliphatic heterocycles. The molecule has 0 saturated heterocycles. The van der Waals surface area contributed by atoms with E-state index in [1.165, 1.54) is 24.3 Å². The Morgan fingerprint density at radius 3 is 1.10 bits per heavy atom. The van der Waals surface area contributed by atoms with Gasteiger partial charge in [-0.15, -0.1) is 0 Å². The van der Waals surface area contributed by atoms with Gasteiger partial charge in [-0.05, 0) is 35.4 Å². The van der Waals surface area contributed by atoms with E-state index in [2.05, 4.69) is 31.9 Å². The number of aromatic carboxylic acids is 2. The number of carbonyl (C=O) groups excluding carboxylic acids is 2. The summed E-state index contributed by atoms with van der Waals surface area (Å²) in [5.74, 6) is -2.29. The van der Waals surface area contributed by atoms with Gasteiger partial charge in [0, 0.05) is 8.95 Å². The van der Waals surface area contributed by atoms with E-state index in [4.69, 9.17) is 0 Å². The molecule has 0 bridgehead atoms. The molecule has 2 aromatic rings. The summed E-state index contributed by atoms with van der Waals surface area (Å²) in [5, 5.41) is 20.4. The number of carbonyl (C=O) groups is 2. The van der Waals surface area contributed by atoms with Crippen molar-refractivity contribution in [2.45, 2.75) is 0 Å². The summed E-state index contributed by atoms with van der Waals surface area (Å²) in [4.78, 5) is 20.4. The third-order valence-electron chi connectivity index (χ3n) is 2.16. The van der Waals surface area contributed by atoms with Crippen LogP contribution in [0.5, 0.6) is 0 Å². The second-order valence-corrected chi connectivity index (χ2v) is 5.42. The maximum atomic E-state index is 10.2. The first-order valence-corrected chi connectivity index (χ1v) is 6.92. The fraction of sp³-hybridized carbons (Fsp3) is 0. The number of carboxylic acids is 2. The molecular formula is C14H8Br2O4Sn. The molecule has 0 aliphatic rings. The Kier molecular flexibility index (Phi) is 9.56. The molecule has 2 rings (SSSR count). The Balaban J connectivity index is 0.000000364. The van der Waals surface area contributed by atoms with E-state index in [0.29, 0.717) is 0 Å². The summed E-state index contributed by atoms with van der Waals surface area (Å²) in [5.41, 5.74) is 0.395. The molecule has 0 heterocycles. The van der Waals surface area contributed by atoms with E-state index in [9.17, 15) is 19.8 Å². The van der Waals surface area contributed by atoms with E-state index in [1.807, 2.05) is 0 Å². The third kappa shape index (κ3) is 7.63. The molecule has 0 amide bonds. The Morgan fingerprint density at radius 2 is 0.905 bits per heavy atom. The van der Waals surface area contributed by atoms with Gasteiger partial charge in [0.15, 0.2) is 0 Å². The Morgan fingerprint density at radius 1 is 0.667 bits per heavy atom. The zero-order valence-corrected chi connectivity index (χ0v) is 16.5. The van der Waals surface area contributed by atoms with Crippen LogP contribution in [0.25, 0.3) is 0 Å². The summed E-state index contributed by atoms with van der Waals surface area (Å²) in [6.45, 7) is 0. The summed E-state index contributed by atoms with van der Waals surface area (Å²) < 4.78 is 1.72. The van der Waals surface area contributed by atoms with Crippen LogP contribution >= 0.6 is 31.9 Å². The first kappa shape index (κ1) is 20.1. The molecule has 21 heavy (non-hydrogen) atoms. The maximum Gasteiger partial charge on any atom is 2.00 e. The summed E-state index contributed by atoms with van der Waals surface area (Å²) in [6, 6.07) is 12.6. The smallest absolute Gasteiger partial charge is 0.545 e. The van der Waals surface area contributed by atoms with E-state index in [0.717, 1.165) is 8.95 Å². The normalized spacial score (nSPS) is 8.86. The number of benzene rings is 2. The molecule has 4 nitrogen and oxygen atoms in total. The number of carboxylic acid groups (broad SMARTS) is 2. The van der Waals surface area contributed by atoms with Crippen LogP contribution in [0.2, 0.25) is 0 Å². The van der Waals surface area contributed by atoms with Crippen molar-refractivity contribution in [2.24, 2.45) is 0 Å². The molecule has 0 aromatic heterocycles. The van der Waals surface area contributed by atoms with E-state index in [1.54, 1.807) is 24.3 Å². The Bertz CT molecular complexity index is 542. The molecule has 0 unspecified atom stereocenters. The van der Waals surface area contributed by atoms with Crippen molar-refractivity contribution < 1.29 is 19.8 Å². The molecule has 2 aromatic carbocycles. The second-order valence-electron chi connectivity index (χ2n) is 3.59. The fourth-order valence-corrected chi connectivity index (χ4v) is 1.70. The molecule has 2 radical (unpaired) electrons. The van der Waals surface area contributed by atoms with Crippen LogP contribution in [0.15, 0.2) is 57.5 Å². The fourth-order valence-electron chi connectivity index (χ4n) is 1.17. The van der Waals surface area contributed by atoms with E-state index >= 15 is 0 Å². The van der Waals surface area contributed by atoms with Gasteiger partial charge in [-0.1, -0.05) is 56.1 Å². The van der Waals surface area contributed by atoms with Gasteiger partial charge in [-0.25, -0.2) is 0 Å². The van der Waals surface area contributed by atoms with Crippen molar-refractivity contribution >= 4 is 67.7 Å². The average molecular weight is 519 g/mol. The van der Waals surface area contributed by atoms with Crippen LogP contribution < -0.4 is 10.2 Å². The van der Waals surface area contributed by atoms with Crippen LogP contribution in [0.1, 0.15) is 20.7 Å². The van der Waals surface area contributed by atoms with Crippen LogP contribution in [-0.4, -0.2) is 35.8 Å². The average Bonchev–Trinajstić information content (AvgIpc) is 2.40. The summed E-state index contributed by atoms with van der Waals surface area (Å²) in [7, 11) is 0. The molecule has 106 valence electrons. The van der Waals surface area contributed by atoms with Crippen LogP contribution in [-0.2, 0) is 0 Å². The number of rotatable bonds is 2. The predicted molar refractivity (Wildman–Crippen MR) is 82.7 cm³/mol. The topological polar surface area (TPSA) is 80.3 Å². The number of halogens is 2. The number of hydrogen-bond acceptors (Lipinski definition) is 4. The summed E-state index contributed by atoms with van der Waals surface area (Å²) >= 11 is 6.36. The minimum Gasteiger partial charge on any atom is -0.545 e. The van der Waals surface area contributed by atoms with Crippen molar-refractivity contribution in [3.63, 3.8) is 0 Å². The summed E-state index contributed by atoms with van der Waals surface area (Å²) in [6.07, 6.45) is 0. The quantitative estimate of drug-likeness (QED) is 0.561. The zero-order chi connectivity index (χ0) is 15.1. The van der Waals surface area contributed by atoms with Crippen molar-refractivity contribution in [1.29, 1.82) is 0 Å². The maximum absolute atomic E-state index is 10.2. The largest absolute Gasteiger partial charge is 2.00 e. The predicted octanol–water partition coefficient (Wildman–Crippen LogP) is 1.24. The van der Waals surface area contributed by atoms with Gasteiger partial charge in [-0.2, -0.15) is 0 Å².